The van der Waals surface area contributed by atoms with E-state index in [0.717, 1.165) is 11.4 Å². The number of hydrogen-bond acceptors (Lipinski definition) is 5. The molecule has 0 atom stereocenters. The molecule has 0 saturated heterocycles. The molecule has 2 N–H and O–H groups in total. The number of carbonyl (C=O) groups is 1. The minimum Gasteiger partial charge on any atom is -0.480 e. The number of carboxylic acid groups (broad SMARTS) is 1. The van der Waals surface area contributed by atoms with E-state index in [9.17, 15) is 13.2 Å². The van der Waals surface area contributed by atoms with Gasteiger partial charge in [-0.2, -0.15) is 0 Å². The van der Waals surface area contributed by atoms with Gasteiger partial charge in [0, 0.05) is 23.5 Å². The Kier molecular flexibility index (Phi) is 4.78. The van der Waals surface area contributed by atoms with E-state index in [-0.39, 0.29) is 18.6 Å². The molecule has 0 spiro atoms. The molecular formula is C15H22N2O4S2. The minimum absolute atomic E-state index is 0.0464. The van der Waals surface area contributed by atoms with E-state index < -0.39 is 16.0 Å². The molecule has 128 valence electrons. The van der Waals surface area contributed by atoms with E-state index in [1.807, 2.05) is 11.8 Å². The molecule has 0 aromatic carbocycles. The first kappa shape index (κ1) is 16.9. The Morgan fingerprint density at radius 3 is 2.61 bits per heavy atom. The zero-order valence-corrected chi connectivity index (χ0v) is 14.7. The van der Waals surface area contributed by atoms with Gasteiger partial charge in [-0.05, 0) is 50.7 Å². The van der Waals surface area contributed by atoms with Crippen molar-refractivity contribution in [3.8, 4) is 0 Å². The molecule has 1 aromatic rings. The summed E-state index contributed by atoms with van der Waals surface area (Å²) in [5, 5.41) is 9.04. The third-order valence-corrected chi connectivity index (χ3v) is 7.47. The smallest absolute Gasteiger partial charge is 0.317 e. The molecule has 6 nitrogen and oxygen atoms in total. The summed E-state index contributed by atoms with van der Waals surface area (Å²) in [6.45, 7) is 2.75. The topological polar surface area (TPSA) is 86.7 Å². The van der Waals surface area contributed by atoms with Crippen LogP contribution < -0.4 is 4.72 Å². The van der Waals surface area contributed by atoms with Crippen LogP contribution in [-0.4, -0.2) is 49.6 Å². The first-order chi connectivity index (χ1) is 10.8. The number of sulfonamides is 1. The van der Waals surface area contributed by atoms with Crippen molar-refractivity contribution in [2.24, 2.45) is 5.92 Å². The largest absolute Gasteiger partial charge is 0.480 e. The molecule has 2 aliphatic rings. The Balaban J connectivity index is 1.54. The van der Waals surface area contributed by atoms with Gasteiger partial charge >= 0.3 is 5.97 Å². The summed E-state index contributed by atoms with van der Waals surface area (Å²) in [5.41, 5.74) is 0. The van der Waals surface area contributed by atoms with Gasteiger partial charge in [-0.3, -0.25) is 9.69 Å². The lowest BCUT2D eigenvalue weighted by molar-refractivity contribution is -0.139. The fraction of sp³-hybridized carbons (Fsp3) is 0.667. The number of rotatable bonds is 8. The number of aryl methyl sites for hydroxylation is 1. The molecular weight excluding hydrogens is 336 g/mol. The molecule has 0 amide bonds. The average molecular weight is 358 g/mol. The van der Waals surface area contributed by atoms with Crippen molar-refractivity contribution in [2.45, 2.75) is 48.9 Å². The molecule has 0 bridgehead atoms. The maximum absolute atomic E-state index is 12.3. The summed E-state index contributed by atoms with van der Waals surface area (Å²) in [5.74, 6) is -0.192. The van der Waals surface area contributed by atoms with Crippen molar-refractivity contribution in [3.63, 3.8) is 0 Å². The van der Waals surface area contributed by atoms with E-state index in [1.54, 1.807) is 12.1 Å². The molecule has 0 unspecified atom stereocenters. The van der Waals surface area contributed by atoms with Gasteiger partial charge in [0.15, 0.2) is 0 Å². The quantitative estimate of drug-likeness (QED) is 0.738. The van der Waals surface area contributed by atoms with E-state index in [2.05, 4.69) is 4.72 Å². The van der Waals surface area contributed by atoms with E-state index in [0.29, 0.717) is 23.0 Å². The Bertz CT molecular complexity index is 675. The van der Waals surface area contributed by atoms with Gasteiger partial charge in [-0.1, -0.05) is 0 Å². The molecule has 2 aliphatic carbocycles. The lowest BCUT2D eigenvalue weighted by Crippen LogP contribution is -2.55. The Hall–Kier alpha value is -0.960. The fourth-order valence-corrected chi connectivity index (χ4v) is 5.53. The van der Waals surface area contributed by atoms with Crippen molar-refractivity contribution >= 4 is 27.3 Å². The van der Waals surface area contributed by atoms with Gasteiger partial charge in [0.05, 0.1) is 6.54 Å². The molecule has 2 fully saturated rings. The second kappa shape index (κ2) is 6.51. The summed E-state index contributed by atoms with van der Waals surface area (Å²) in [4.78, 5) is 14.0. The van der Waals surface area contributed by atoms with Crippen molar-refractivity contribution in [3.05, 3.63) is 17.0 Å². The third kappa shape index (κ3) is 4.32. The number of hydrogen-bond donors (Lipinski definition) is 2. The number of carboxylic acids is 1. The second-order valence-electron chi connectivity index (χ2n) is 6.58. The number of thiophene rings is 1. The second-order valence-corrected chi connectivity index (χ2v) is 9.80. The summed E-state index contributed by atoms with van der Waals surface area (Å²) in [6, 6.07) is 3.50. The predicted octanol–water partition coefficient (Wildman–Crippen LogP) is 1.66. The maximum Gasteiger partial charge on any atom is 0.317 e. The van der Waals surface area contributed by atoms with Crippen LogP contribution in [0.2, 0.25) is 0 Å². The van der Waals surface area contributed by atoms with Crippen LogP contribution in [0.4, 0.5) is 0 Å². The molecule has 1 heterocycles. The van der Waals surface area contributed by atoms with Gasteiger partial charge in [-0.25, -0.2) is 13.1 Å². The highest BCUT2D eigenvalue weighted by atomic mass is 32.2. The number of aliphatic carboxylic acids is 1. The Labute approximate surface area is 140 Å². The molecule has 1 aromatic heterocycles. The number of nitrogens with one attached hydrogen (secondary N) is 1. The van der Waals surface area contributed by atoms with Crippen molar-refractivity contribution in [1.82, 2.24) is 9.62 Å². The van der Waals surface area contributed by atoms with Gasteiger partial charge in [0.1, 0.15) is 4.21 Å². The highest BCUT2D eigenvalue weighted by Crippen LogP contribution is 2.34. The minimum atomic E-state index is -3.45. The standard InChI is InChI=1S/C15H22N2O4S2/c1-10-2-5-15(22-10)23(20,21)16-12-6-13(7-12)17(9-14(18)19)8-11-3-4-11/h2,5,11-13,16H,3-4,6-9H2,1H3,(H,18,19). The highest BCUT2D eigenvalue weighted by molar-refractivity contribution is 7.91. The van der Waals surface area contributed by atoms with Crippen LogP contribution in [0.1, 0.15) is 30.6 Å². The van der Waals surface area contributed by atoms with Crippen LogP contribution in [-0.2, 0) is 14.8 Å². The monoisotopic (exact) mass is 358 g/mol. The van der Waals surface area contributed by atoms with Crippen molar-refractivity contribution in [1.29, 1.82) is 0 Å². The predicted molar refractivity (Wildman–Crippen MR) is 88.1 cm³/mol. The molecule has 3 rings (SSSR count). The van der Waals surface area contributed by atoms with Crippen LogP contribution in [0.3, 0.4) is 0 Å². The maximum atomic E-state index is 12.3. The average Bonchev–Trinajstić information content (AvgIpc) is 3.10. The highest BCUT2D eigenvalue weighted by Gasteiger charge is 2.39. The first-order valence-electron chi connectivity index (χ1n) is 7.88. The SMILES string of the molecule is Cc1ccc(S(=O)(=O)NC2CC(N(CC(=O)O)CC3CC3)C2)s1. The van der Waals surface area contributed by atoms with Gasteiger partial charge in [-0.15, -0.1) is 11.3 Å². The van der Waals surface area contributed by atoms with E-state index in [1.165, 1.54) is 24.2 Å². The van der Waals surface area contributed by atoms with E-state index in [4.69, 9.17) is 5.11 Å². The Morgan fingerprint density at radius 1 is 1.39 bits per heavy atom. The van der Waals surface area contributed by atoms with Crippen molar-refractivity contribution in [2.75, 3.05) is 13.1 Å². The normalized spacial score (nSPS) is 24.6. The lowest BCUT2D eigenvalue weighted by atomic mass is 9.86. The van der Waals surface area contributed by atoms with Crippen LogP contribution in [0.5, 0.6) is 0 Å². The first-order valence-corrected chi connectivity index (χ1v) is 10.2. The van der Waals surface area contributed by atoms with Crippen LogP contribution in [0.25, 0.3) is 0 Å². The zero-order chi connectivity index (χ0) is 16.6. The Morgan fingerprint density at radius 2 is 2.09 bits per heavy atom. The molecule has 0 radical (unpaired) electrons. The van der Waals surface area contributed by atoms with Gasteiger partial charge in [0.2, 0.25) is 10.0 Å². The summed E-state index contributed by atoms with van der Waals surface area (Å²) in [6.07, 6.45) is 3.72. The summed E-state index contributed by atoms with van der Waals surface area (Å²) < 4.78 is 27.6. The zero-order valence-electron chi connectivity index (χ0n) is 13.1. The van der Waals surface area contributed by atoms with Crippen LogP contribution in [0, 0.1) is 12.8 Å². The molecule has 2 saturated carbocycles. The van der Waals surface area contributed by atoms with Crippen LogP contribution in [0.15, 0.2) is 16.3 Å². The van der Waals surface area contributed by atoms with Crippen LogP contribution >= 0.6 is 11.3 Å². The summed E-state index contributed by atoms with van der Waals surface area (Å²) >= 11 is 1.26. The summed E-state index contributed by atoms with van der Waals surface area (Å²) in [7, 11) is -3.45. The van der Waals surface area contributed by atoms with Gasteiger partial charge < -0.3 is 5.11 Å². The van der Waals surface area contributed by atoms with Gasteiger partial charge in [0.25, 0.3) is 0 Å². The third-order valence-electron chi connectivity index (χ3n) is 4.46. The van der Waals surface area contributed by atoms with E-state index >= 15 is 0 Å². The molecule has 8 heteroatoms. The lowest BCUT2D eigenvalue weighted by Gasteiger charge is -2.42. The number of nitrogens with zero attached hydrogens (tertiary/aromatic N) is 1. The molecule has 0 aliphatic heterocycles. The molecule has 23 heavy (non-hydrogen) atoms. The van der Waals surface area contributed by atoms with Crippen molar-refractivity contribution < 1.29 is 18.3 Å². The fourth-order valence-electron chi connectivity index (χ4n) is 2.96.